The second kappa shape index (κ2) is 5.13. The number of aryl methyl sites for hydroxylation is 2. The van der Waals surface area contributed by atoms with Crippen molar-refractivity contribution in [2.24, 2.45) is 0 Å². The van der Waals surface area contributed by atoms with Gasteiger partial charge < -0.3 is 5.11 Å². The average molecular weight is 204 g/mol. The first-order valence-corrected chi connectivity index (χ1v) is 5.49. The van der Waals surface area contributed by atoms with Crippen LogP contribution in [-0.4, -0.2) is 11.7 Å². The summed E-state index contributed by atoms with van der Waals surface area (Å²) in [7, 11) is 0. The second-order valence-corrected chi connectivity index (χ2v) is 3.98. The summed E-state index contributed by atoms with van der Waals surface area (Å²) in [4.78, 5) is 0. The molecular weight excluding hydrogens is 184 g/mol. The minimum Gasteiger partial charge on any atom is -0.396 e. The molecule has 0 bridgehead atoms. The monoisotopic (exact) mass is 204 g/mol. The molecule has 82 valence electrons. The van der Waals surface area contributed by atoms with E-state index in [0.717, 1.165) is 12.0 Å². The van der Waals surface area contributed by atoms with Gasteiger partial charge in [0, 0.05) is 6.61 Å². The predicted molar refractivity (Wildman–Crippen MR) is 66.0 cm³/mol. The van der Waals surface area contributed by atoms with Crippen molar-refractivity contribution in [3.05, 3.63) is 41.0 Å². The van der Waals surface area contributed by atoms with Crippen molar-refractivity contribution >= 4 is 5.57 Å². The maximum absolute atomic E-state index is 8.96. The number of benzene rings is 1. The normalized spacial score (nSPS) is 10.4. The summed E-state index contributed by atoms with van der Waals surface area (Å²) >= 11 is 0. The molecule has 1 nitrogen and oxygen atoms in total. The van der Waals surface area contributed by atoms with Gasteiger partial charge in [-0.15, -0.1) is 0 Å². The van der Waals surface area contributed by atoms with Gasteiger partial charge in [0.05, 0.1) is 0 Å². The van der Waals surface area contributed by atoms with Crippen molar-refractivity contribution in [3.63, 3.8) is 0 Å². The third-order valence-electron chi connectivity index (χ3n) is 2.88. The summed E-state index contributed by atoms with van der Waals surface area (Å²) in [6, 6.07) is 4.29. The third kappa shape index (κ3) is 2.48. The van der Waals surface area contributed by atoms with E-state index in [-0.39, 0.29) is 6.61 Å². The average Bonchev–Trinajstić information content (AvgIpc) is 2.21. The summed E-state index contributed by atoms with van der Waals surface area (Å²) < 4.78 is 0. The van der Waals surface area contributed by atoms with Crippen molar-refractivity contribution in [1.29, 1.82) is 0 Å². The van der Waals surface area contributed by atoms with Crippen molar-refractivity contribution in [1.82, 2.24) is 0 Å². The van der Waals surface area contributed by atoms with Crippen molar-refractivity contribution in [2.75, 3.05) is 6.61 Å². The summed E-state index contributed by atoms with van der Waals surface area (Å²) in [6.07, 6.45) is 1.69. The summed E-state index contributed by atoms with van der Waals surface area (Å²) in [6.45, 7) is 10.6. The minimum absolute atomic E-state index is 0.176. The van der Waals surface area contributed by atoms with Crippen LogP contribution in [0.2, 0.25) is 0 Å². The Morgan fingerprint density at radius 1 is 1.27 bits per heavy atom. The first-order valence-electron chi connectivity index (χ1n) is 5.49. The molecule has 0 aromatic heterocycles. The molecule has 0 heterocycles. The zero-order valence-corrected chi connectivity index (χ0v) is 9.93. The number of hydrogen-bond acceptors (Lipinski definition) is 1. The zero-order chi connectivity index (χ0) is 11.4. The van der Waals surface area contributed by atoms with Crippen molar-refractivity contribution in [3.8, 4) is 0 Å². The highest BCUT2D eigenvalue weighted by atomic mass is 16.2. The molecule has 1 rings (SSSR count). The Hall–Kier alpha value is -1.08. The minimum atomic E-state index is 0.176. The molecule has 0 aliphatic carbocycles. The fourth-order valence-corrected chi connectivity index (χ4v) is 2.08. The quantitative estimate of drug-likeness (QED) is 0.798. The van der Waals surface area contributed by atoms with E-state index in [9.17, 15) is 0 Å². The van der Waals surface area contributed by atoms with E-state index in [4.69, 9.17) is 5.11 Å². The van der Waals surface area contributed by atoms with Crippen LogP contribution in [0.3, 0.4) is 0 Å². The fourth-order valence-electron chi connectivity index (χ4n) is 2.08. The molecule has 0 radical (unpaired) electrons. The van der Waals surface area contributed by atoms with Crippen LogP contribution in [0.5, 0.6) is 0 Å². The van der Waals surface area contributed by atoms with Crippen LogP contribution < -0.4 is 0 Å². The summed E-state index contributed by atoms with van der Waals surface area (Å²) in [5, 5.41) is 8.96. The molecule has 0 unspecified atom stereocenters. The molecular formula is C14H20O. The second-order valence-electron chi connectivity index (χ2n) is 3.98. The fraction of sp³-hybridized carbons (Fsp3) is 0.429. The molecule has 1 heteroatoms. The number of aliphatic hydroxyl groups is 1. The molecule has 0 aliphatic heterocycles. The molecule has 0 saturated carbocycles. The van der Waals surface area contributed by atoms with Gasteiger partial charge >= 0.3 is 0 Å². The van der Waals surface area contributed by atoms with Gasteiger partial charge in [0.15, 0.2) is 0 Å². The van der Waals surface area contributed by atoms with E-state index in [1.165, 1.54) is 22.3 Å². The highest BCUT2D eigenvalue weighted by Gasteiger charge is 2.09. The summed E-state index contributed by atoms with van der Waals surface area (Å²) in [5.41, 5.74) is 6.25. The molecule has 0 aliphatic rings. The van der Waals surface area contributed by atoms with Gasteiger partial charge in [-0.05, 0) is 54.5 Å². The van der Waals surface area contributed by atoms with Crippen LogP contribution in [0, 0.1) is 13.8 Å². The zero-order valence-electron chi connectivity index (χ0n) is 9.93. The third-order valence-corrected chi connectivity index (χ3v) is 2.88. The smallest absolute Gasteiger partial charge is 0.0471 e. The van der Waals surface area contributed by atoms with Crippen molar-refractivity contribution in [2.45, 2.75) is 33.6 Å². The number of rotatable bonds is 4. The van der Waals surface area contributed by atoms with Crippen LogP contribution in [0.25, 0.3) is 5.57 Å². The molecule has 1 N–H and O–H groups in total. The lowest BCUT2D eigenvalue weighted by Crippen LogP contribution is -1.99. The molecule has 0 saturated heterocycles. The maximum Gasteiger partial charge on any atom is 0.0471 e. The molecule has 1 aromatic rings. The molecule has 0 spiro atoms. The lowest BCUT2D eigenvalue weighted by molar-refractivity contribution is 0.305. The van der Waals surface area contributed by atoms with Gasteiger partial charge in [-0.1, -0.05) is 25.6 Å². The van der Waals surface area contributed by atoms with Crippen LogP contribution >= 0.6 is 0 Å². The molecule has 15 heavy (non-hydrogen) atoms. The van der Waals surface area contributed by atoms with Gasteiger partial charge in [0.1, 0.15) is 0 Å². The molecule has 1 aromatic carbocycles. The first kappa shape index (κ1) is 12.0. The van der Waals surface area contributed by atoms with Gasteiger partial charge in [0.2, 0.25) is 0 Å². The lowest BCUT2D eigenvalue weighted by Gasteiger charge is -2.16. The van der Waals surface area contributed by atoms with Crippen LogP contribution in [0.15, 0.2) is 18.7 Å². The van der Waals surface area contributed by atoms with Gasteiger partial charge in [-0.25, -0.2) is 0 Å². The highest BCUT2D eigenvalue weighted by molar-refractivity contribution is 5.70. The van der Waals surface area contributed by atoms with Gasteiger partial charge in [-0.3, -0.25) is 0 Å². The van der Waals surface area contributed by atoms with E-state index < -0.39 is 0 Å². The van der Waals surface area contributed by atoms with Crippen LogP contribution in [-0.2, 0) is 6.42 Å². The number of hydrogen-bond donors (Lipinski definition) is 1. The Morgan fingerprint density at radius 2 is 1.87 bits per heavy atom. The van der Waals surface area contributed by atoms with E-state index in [1.54, 1.807) is 0 Å². The van der Waals surface area contributed by atoms with E-state index in [2.05, 4.69) is 39.5 Å². The Balaban J connectivity index is 3.24. The van der Waals surface area contributed by atoms with Gasteiger partial charge in [0.25, 0.3) is 0 Å². The first-order chi connectivity index (χ1) is 7.11. The highest BCUT2D eigenvalue weighted by Crippen LogP contribution is 2.27. The lowest BCUT2D eigenvalue weighted by atomic mass is 9.90. The largest absolute Gasteiger partial charge is 0.396 e. The molecule has 0 fully saturated rings. The number of aliphatic hydroxyl groups excluding tert-OH is 1. The molecule has 0 amide bonds. The Bertz CT molecular complexity index is 364. The SMILES string of the molecule is C=C(CCO)c1c(C)ccc(C)c1CC. The van der Waals surface area contributed by atoms with Gasteiger partial charge in [-0.2, -0.15) is 0 Å². The van der Waals surface area contributed by atoms with E-state index in [0.29, 0.717) is 6.42 Å². The van der Waals surface area contributed by atoms with Crippen LogP contribution in [0.1, 0.15) is 35.6 Å². The molecule has 0 atom stereocenters. The van der Waals surface area contributed by atoms with Crippen LogP contribution in [0.4, 0.5) is 0 Å². The topological polar surface area (TPSA) is 20.2 Å². The Morgan fingerprint density at radius 3 is 2.40 bits per heavy atom. The van der Waals surface area contributed by atoms with E-state index in [1.807, 2.05) is 0 Å². The Labute approximate surface area is 92.5 Å². The van der Waals surface area contributed by atoms with Crippen molar-refractivity contribution < 1.29 is 5.11 Å². The predicted octanol–water partition coefficient (Wildman–Crippen LogP) is 3.26. The Kier molecular flexibility index (Phi) is 4.10. The maximum atomic E-state index is 8.96. The summed E-state index contributed by atoms with van der Waals surface area (Å²) in [5.74, 6) is 0. The standard InChI is InChI=1S/C14H20O/c1-5-13-10(2)6-7-11(3)14(13)12(4)8-9-15/h6-7,15H,4-5,8-9H2,1-3H3. The van der Waals surface area contributed by atoms with E-state index >= 15 is 0 Å².